The fourth-order valence-corrected chi connectivity index (χ4v) is 16.2. The number of carbonyl (C=O) groups is 4. The summed E-state index contributed by atoms with van der Waals surface area (Å²) in [4.78, 5) is 67.5. The van der Waals surface area contributed by atoms with Crippen LogP contribution in [0.2, 0.25) is 0 Å². The average molecular weight is 825 g/mol. The molecule has 1 aromatic rings. The Kier molecular flexibility index (Phi) is 15.1. The maximum Gasteiger partial charge on any atom is 1.00 e. The largest absolute Gasteiger partial charge is 1.00 e. The summed E-state index contributed by atoms with van der Waals surface area (Å²) >= 11 is 0. The zero-order chi connectivity index (χ0) is 40.4. The topological polar surface area (TPSA) is 153 Å². The van der Waals surface area contributed by atoms with Crippen molar-refractivity contribution in [2.45, 2.75) is 156 Å². The molecule has 8 aliphatic carbocycles. The minimum atomic E-state index is -0.398. The number of rotatable bonds is 3. The first-order chi connectivity index (χ1) is 26.5. The molecule has 8 fully saturated rings. The van der Waals surface area contributed by atoms with Crippen LogP contribution in [0.1, 0.15) is 156 Å². The Labute approximate surface area is 389 Å². The molecule has 0 radical (unpaired) electrons. The first kappa shape index (κ1) is 47.9. The van der Waals surface area contributed by atoms with Crippen LogP contribution in [0, 0.1) is 80.8 Å². The van der Waals surface area contributed by atoms with Crippen LogP contribution < -0.4 is 51.4 Å². The van der Waals surface area contributed by atoms with Crippen molar-refractivity contribution in [3.05, 3.63) is 35.9 Å². The summed E-state index contributed by atoms with van der Waals surface area (Å²) in [5.41, 5.74) is 1.25. The Hall–Kier alpha value is -1.16. The van der Waals surface area contributed by atoms with Crippen LogP contribution in [-0.2, 0) is 28.8 Å². The van der Waals surface area contributed by atoms with Crippen molar-refractivity contribution in [2.24, 2.45) is 80.8 Å². The van der Waals surface area contributed by atoms with E-state index in [4.69, 9.17) is 9.59 Å². The van der Waals surface area contributed by atoms with Gasteiger partial charge in [0.15, 0.2) is 0 Å². The van der Waals surface area contributed by atoms with Gasteiger partial charge >= 0.3 is 57.5 Å². The molecule has 0 saturated heterocycles. The molecule has 0 aromatic heterocycles. The molecule has 9 heteroatoms. The van der Waals surface area contributed by atoms with Gasteiger partial charge in [0.2, 0.25) is 0 Å². The van der Waals surface area contributed by atoms with E-state index in [1.165, 1.54) is 50.5 Å². The predicted octanol–water partition coefficient (Wildman–Crippen LogP) is 6.22. The van der Waals surface area contributed by atoms with E-state index in [0.717, 1.165) is 57.3 Å². The number of aliphatic hydroxyl groups is 1. The van der Waals surface area contributed by atoms with E-state index < -0.39 is 5.41 Å². The third-order valence-corrected chi connectivity index (χ3v) is 19.3. The molecule has 2 N–H and O–H groups in total. The fraction of sp³-hybridized carbons (Fsp3) is 0.776. The van der Waals surface area contributed by atoms with Crippen molar-refractivity contribution in [3.8, 4) is 0 Å². The van der Waals surface area contributed by atoms with Gasteiger partial charge in [0, 0.05) is 35.5 Å². The molecule has 314 valence electrons. The third kappa shape index (κ3) is 7.79. The van der Waals surface area contributed by atoms with Crippen molar-refractivity contribution in [1.82, 2.24) is 0 Å². The van der Waals surface area contributed by atoms with Gasteiger partial charge in [0.05, 0.1) is 6.10 Å². The number of carbonyl (C=O) groups excluding carboxylic acids is 6. The standard InChI is InChI=1S/C27H36O2.C21H32O3.CO2.K.H2O/c1-17(28)22-11-12-23-21-10-9-20-15-19(18-7-5-4-6-8-18)13-14-26(20,2)24(21)16-25(29)27(22,23)3;1-12(22)16-6-7-17-15-5-4-13-10-14(23)8-9-20(13,2)18(15)11-19(24)21(16,17)3;2-1-3;;/h4-8,19-24H,9-16H2,1-3H3;13-18,23H,4-11H2,1-3H3;;;1H2/q;;;+1;/p-1/t19-,20+,21?,22-,23?,24?,26+,27-;13-,14+,15?,16+,17?,18?,20-,21+;;;/m10.../s1. The third-order valence-electron chi connectivity index (χ3n) is 19.3. The van der Waals surface area contributed by atoms with Crippen molar-refractivity contribution >= 4 is 29.3 Å². The number of hydrogen-bond donors (Lipinski definition) is 1. The molecule has 0 spiro atoms. The molecule has 8 aliphatic rings. The molecule has 0 aliphatic heterocycles. The molecular formula is C49H69KO8. The minimum Gasteiger partial charge on any atom is -0.870 e. The summed E-state index contributed by atoms with van der Waals surface area (Å²) in [6.07, 6.45) is 17.1. The number of ketones is 4. The fourth-order valence-electron chi connectivity index (χ4n) is 16.2. The molecule has 16 atom stereocenters. The first-order valence-electron chi connectivity index (χ1n) is 22.3. The molecule has 8 nitrogen and oxygen atoms in total. The van der Waals surface area contributed by atoms with E-state index in [1.54, 1.807) is 13.8 Å². The van der Waals surface area contributed by atoms with Crippen LogP contribution >= 0.6 is 0 Å². The summed E-state index contributed by atoms with van der Waals surface area (Å²) in [5, 5.41) is 10.1. The smallest absolute Gasteiger partial charge is 0.870 e. The number of Topliss-reactive ketones (excluding diaryl/α,β-unsaturated/α-hetero) is 4. The van der Waals surface area contributed by atoms with Crippen LogP contribution in [-0.4, -0.2) is 46.0 Å². The van der Waals surface area contributed by atoms with Crippen LogP contribution in [0.25, 0.3) is 0 Å². The zero-order valence-electron chi connectivity index (χ0n) is 36.5. The number of hydrogen-bond acceptors (Lipinski definition) is 8. The summed E-state index contributed by atoms with van der Waals surface area (Å²) in [7, 11) is 0. The van der Waals surface area contributed by atoms with E-state index in [0.29, 0.717) is 70.7 Å². The quantitative estimate of drug-likeness (QED) is 0.353. The molecule has 0 heterocycles. The summed E-state index contributed by atoms with van der Waals surface area (Å²) in [6.45, 7) is 12.6. The molecule has 8 saturated carbocycles. The van der Waals surface area contributed by atoms with Crippen molar-refractivity contribution < 1.29 is 90.7 Å². The second-order valence-electron chi connectivity index (χ2n) is 21.0. The van der Waals surface area contributed by atoms with Crippen LogP contribution in [0.5, 0.6) is 0 Å². The van der Waals surface area contributed by atoms with Gasteiger partial charge in [-0.1, -0.05) is 58.0 Å². The van der Waals surface area contributed by atoms with Crippen LogP contribution in [0.3, 0.4) is 0 Å². The minimum absolute atomic E-state index is 0. The van der Waals surface area contributed by atoms with Gasteiger partial charge in [0.1, 0.15) is 23.1 Å². The Bertz CT molecular complexity index is 1720. The van der Waals surface area contributed by atoms with Gasteiger partial charge < -0.3 is 10.6 Å². The summed E-state index contributed by atoms with van der Waals surface area (Å²) in [6, 6.07) is 11.1. The van der Waals surface area contributed by atoms with Gasteiger partial charge in [-0.2, -0.15) is 9.59 Å². The van der Waals surface area contributed by atoms with Gasteiger partial charge in [-0.15, -0.1) is 0 Å². The van der Waals surface area contributed by atoms with Gasteiger partial charge in [-0.3, -0.25) is 19.2 Å². The van der Waals surface area contributed by atoms with Crippen molar-refractivity contribution in [1.29, 1.82) is 0 Å². The number of fused-ring (bicyclic) bond motifs is 10. The summed E-state index contributed by atoms with van der Waals surface area (Å²) in [5.74, 6) is 6.26. The molecule has 1 aromatic carbocycles. The van der Waals surface area contributed by atoms with Crippen LogP contribution in [0.15, 0.2) is 30.3 Å². The Morgan fingerprint density at radius 1 is 0.621 bits per heavy atom. The van der Waals surface area contributed by atoms with Crippen molar-refractivity contribution in [2.75, 3.05) is 0 Å². The van der Waals surface area contributed by atoms with E-state index in [9.17, 15) is 24.3 Å². The first-order valence-corrected chi connectivity index (χ1v) is 22.3. The summed E-state index contributed by atoms with van der Waals surface area (Å²) < 4.78 is 0. The van der Waals surface area contributed by atoms with E-state index in [-0.39, 0.29) is 103 Å². The monoisotopic (exact) mass is 824 g/mol. The van der Waals surface area contributed by atoms with E-state index >= 15 is 0 Å². The zero-order valence-corrected chi connectivity index (χ0v) is 39.6. The van der Waals surface area contributed by atoms with Crippen molar-refractivity contribution in [3.63, 3.8) is 0 Å². The normalized spacial score (nSPS) is 45.7. The van der Waals surface area contributed by atoms with E-state index in [2.05, 4.69) is 58.0 Å². The predicted molar refractivity (Wildman–Crippen MR) is 215 cm³/mol. The second kappa shape index (κ2) is 18.3. The molecule has 0 bridgehead atoms. The average Bonchev–Trinajstić information content (AvgIpc) is 3.73. The molecule has 58 heavy (non-hydrogen) atoms. The Morgan fingerprint density at radius 3 is 1.50 bits per heavy atom. The number of benzene rings is 1. The Morgan fingerprint density at radius 2 is 1.05 bits per heavy atom. The van der Waals surface area contributed by atoms with Gasteiger partial charge in [-0.25, -0.2) is 0 Å². The van der Waals surface area contributed by atoms with Gasteiger partial charge in [-0.05, 0) is 173 Å². The number of aliphatic hydroxyl groups excluding tert-OH is 1. The van der Waals surface area contributed by atoms with Gasteiger partial charge in [0.25, 0.3) is 0 Å². The maximum atomic E-state index is 13.5. The second-order valence-corrected chi connectivity index (χ2v) is 21.0. The SMILES string of the molecule is CC(=O)[C@H]1CCC2C3CC[C@H]4C[C@H](O)CC[C@]4(C)C3CC(=O)[C@@]21C.CC(=O)[C@H]1CCC2C3CC[C@H]4C[C@H](c5ccccc5)CC[C@]4(C)C3CC(=O)[C@@]21C.O=C=O.[K+].[OH-]. The van der Waals surface area contributed by atoms with E-state index in [1.807, 2.05) is 0 Å². The van der Waals surface area contributed by atoms with Crippen LogP contribution in [0.4, 0.5) is 0 Å². The Balaban J connectivity index is 0.000000203. The molecule has 0 amide bonds. The maximum absolute atomic E-state index is 13.5. The molecular weight excluding hydrogens is 756 g/mol. The molecule has 6 unspecified atom stereocenters. The molecule has 9 rings (SSSR count).